The van der Waals surface area contributed by atoms with Crippen molar-refractivity contribution in [2.24, 2.45) is 0 Å². The summed E-state index contributed by atoms with van der Waals surface area (Å²) in [5.74, 6) is -0.985. The Hall–Kier alpha value is -2.73. The van der Waals surface area contributed by atoms with Gasteiger partial charge in [-0.15, -0.1) is 11.3 Å². The third-order valence-electron chi connectivity index (χ3n) is 5.93. The molecule has 2 fully saturated rings. The van der Waals surface area contributed by atoms with Crippen molar-refractivity contribution in [2.45, 2.75) is 64.4 Å². The second kappa shape index (κ2) is 9.05. The smallest absolute Gasteiger partial charge is 0.389 e. The number of carbonyl (C=O) groups is 2. The first-order valence-corrected chi connectivity index (χ1v) is 12.2. The lowest BCUT2D eigenvalue weighted by Gasteiger charge is -2.35. The zero-order chi connectivity index (χ0) is 25.7. The first-order chi connectivity index (χ1) is 16.2. The van der Waals surface area contributed by atoms with Crippen LogP contribution in [0.25, 0.3) is 10.4 Å². The molecule has 1 unspecified atom stereocenters. The number of pyridine rings is 1. The summed E-state index contributed by atoms with van der Waals surface area (Å²) in [4.78, 5) is 37.6. The molecule has 0 radical (unpaired) electrons. The summed E-state index contributed by atoms with van der Waals surface area (Å²) in [6.45, 7) is 7.98. The quantitative estimate of drug-likeness (QED) is 0.647. The fourth-order valence-electron chi connectivity index (χ4n) is 4.19. The van der Waals surface area contributed by atoms with Crippen LogP contribution in [0.15, 0.2) is 12.3 Å². The van der Waals surface area contributed by atoms with E-state index in [-0.39, 0.29) is 46.1 Å². The van der Waals surface area contributed by atoms with Gasteiger partial charge in [-0.1, -0.05) is 0 Å². The van der Waals surface area contributed by atoms with Gasteiger partial charge in [0.15, 0.2) is 5.01 Å². The van der Waals surface area contributed by atoms with E-state index in [0.717, 1.165) is 36.4 Å². The topological polar surface area (TPSA) is 98.7 Å². The van der Waals surface area contributed by atoms with Crippen LogP contribution in [0, 0.1) is 0 Å². The van der Waals surface area contributed by atoms with Crippen molar-refractivity contribution >= 4 is 29.0 Å². The van der Waals surface area contributed by atoms with E-state index >= 15 is 0 Å². The molecule has 4 heterocycles. The molecule has 12 heteroatoms. The van der Waals surface area contributed by atoms with Gasteiger partial charge in [0.05, 0.1) is 16.5 Å². The highest BCUT2D eigenvalue weighted by Crippen LogP contribution is 2.42. The Morgan fingerprint density at radius 3 is 2.43 bits per heavy atom. The number of rotatable bonds is 4. The number of hydrogen-bond acceptors (Lipinski definition) is 7. The number of hydrogen-bond donors (Lipinski definition) is 2. The van der Waals surface area contributed by atoms with Crippen LogP contribution in [0.1, 0.15) is 66.4 Å². The van der Waals surface area contributed by atoms with Crippen molar-refractivity contribution in [1.82, 2.24) is 19.8 Å². The molecule has 2 aliphatic heterocycles. The summed E-state index contributed by atoms with van der Waals surface area (Å²) in [7, 11) is 0. The molecule has 2 amide bonds. The predicted molar refractivity (Wildman–Crippen MR) is 125 cm³/mol. The van der Waals surface area contributed by atoms with Crippen LogP contribution < -0.4 is 5.32 Å². The molecular weight excluding hydrogens is 483 g/mol. The van der Waals surface area contributed by atoms with Gasteiger partial charge in [0.25, 0.3) is 11.8 Å². The molecule has 0 aliphatic carbocycles. The van der Waals surface area contributed by atoms with Gasteiger partial charge in [0.1, 0.15) is 11.5 Å². The fraction of sp³-hybridized carbons (Fsp3) is 0.565. The van der Waals surface area contributed by atoms with E-state index in [1.54, 1.807) is 25.7 Å². The Kier molecular flexibility index (Phi) is 6.56. The first kappa shape index (κ1) is 25.4. The molecule has 8 nitrogen and oxygen atoms in total. The number of alkyl halides is 3. The first-order valence-electron chi connectivity index (χ1n) is 11.4. The van der Waals surface area contributed by atoms with Gasteiger partial charge < -0.3 is 20.2 Å². The third-order valence-corrected chi connectivity index (χ3v) is 7.01. The van der Waals surface area contributed by atoms with Gasteiger partial charge in [-0.05, 0) is 46.6 Å². The number of β-amino-alcohol motifs (C(OH)–C–C–N with tert-alkyl or cyclic N) is 1. The number of carbonyl (C=O) groups excluding carboxylic acids is 2. The monoisotopic (exact) mass is 511 g/mol. The minimum Gasteiger partial charge on any atom is -0.389 e. The summed E-state index contributed by atoms with van der Waals surface area (Å²) in [6.07, 6.45) is -2.73. The molecule has 0 aromatic carbocycles. The molecule has 4 rings (SSSR count). The Morgan fingerprint density at radius 2 is 1.89 bits per heavy atom. The Labute approximate surface area is 205 Å². The van der Waals surface area contributed by atoms with Crippen molar-refractivity contribution in [3.63, 3.8) is 0 Å². The van der Waals surface area contributed by atoms with E-state index in [1.807, 2.05) is 6.92 Å². The van der Waals surface area contributed by atoms with Crippen LogP contribution >= 0.6 is 11.3 Å². The standard InChI is InChI=1S/C23H28F3N5O3S/c1-12-6-5-7-31(12)20(33)17-18(35-19(28-17)21(34)30-10-13(32)11-30)14-9-27-16(29-22(2,3)4)8-15(14)23(24,25)26/h8-9,12-13,32H,5-7,10-11H2,1-4H3,(H,27,29). The van der Waals surface area contributed by atoms with Gasteiger partial charge in [0, 0.05) is 43.0 Å². The molecule has 2 aromatic rings. The van der Waals surface area contributed by atoms with Crippen molar-refractivity contribution in [3.8, 4) is 10.4 Å². The highest BCUT2D eigenvalue weighted by atomic mass is 32.1. The highest BCUT2D eigenvalue weighted by Gasteiger charge is 2.39. The number of aliphatic hydroxyl groups is 1. The van der Waals surface area contributed by atoms with Crippen molar-refractivity contribution < 1.29 is 27.9 Å². The summed E-state index contributed by atoms with van der Waals surface area (Å²) in [5, 5.41) is 12.4. The number of aliphatic hydroxyl groups excluding tert-OH is 1. The molecule has 2 aliphatic rings. The largest absolute Gasteiger partial charge is 0.417 e. The van der Waals surface area contributed by atoms with Gasteiger partial charge in [0.2, 0.25) is 0 Å². The van der Waals surface area contributed by atoms with Crippen molar-refractivity contribution in [3.05, 3.63) is 28.5 Å². The zero-order valence-electron chi connectivity index (χ0n) is 19.9. The maximum atomic E-state index is 14.2. The van der Waals surface area contributed by atoms with Crippen LogP contribution in [-0.2, 0) is 6.18 Å². The normalized spacial score (nSPS) is 19.1. The molecule has 190 valence electrons. The van der Waals surface area contributed by atoms with Crippen LogP contribution in [0.2, 0.25) is 0 Å². The number of thiazole rings is 1. The number of anilines is 1. The maximum Gasteiger partial charge on any atom is 0.417 e. The molecule has 0 spiro atoms. The zero-order valence-corrected chi connectivity index (χ0v) is 20.8. The summed E-state index contributed by atoms with van der Waals surface area (Å²) in [6, 6.07) is 0.834. The van der Waals surface area contributed by atoms with Gasteiger partial charge in [-0.2, -0.15) is 13.2 Å². The van der Waals surface area contributed by atoms with Crippen LogP contribution in [0.4, 0.5) is 19.0 Å². The maximum absolute atomic E-state index is 14.2. The Balaban J connectivity index is 1.83. The number of nitrogens with zero attached hydrogens (tertiary/aromatic N) is 4. The Morgan fingerprint density at radius 1 is 1.20 bits per heavy atom. The predicted octanol–water partition coefficient (Wildman–Crippen LogP) is 3.88. The fourth-order valence-corrected chi connectivity index (χ4v) is 5.24. The highest BCUT2D eigenvalue weighted by molar-refractivity contribution is 7.17. The van der Waals surface area contributed by atoms with Crippen LogP contribution in [-0.4, -0.2) is 74.0 Å². The molecule has 1 atom stereocenters. The van der Waals surface area contributed by atoms with Crippen molar-refractivity contribution in [2.75, 3.05) is 25.0 Å². The molecule has 2 N–H and O–H groups in total. The van der Waals surface area contributed by atoms with Gasteiger partial charge in [-0.3, -0.25) is 9.59 Å². The number of amides is 2. The number of halogens is 3. The van der Waals surface area contributed by atoms with Gasteiger partial charge in [-0.25, -0.2) is 9.97 Å². The summed E-state index contributed by atoms with van der Waals surface area (Å²) < 4.78 is 42.5. The van der Waals surface area contributed by atoms with E-state index in [1.165, 1.54) is 4.90 Å². The molecule has 2 aromatic heterocycles. The van der Waals surface area contributed by atoms with Crippen molar-refractivity contribution in [1.29, 1.82) is 0 Å². The van der Waals surface area contributed by atoms with Crippen LogP contribution in [0.3, 0.4) is 0 Å². The molecule has 0 bridgehead atoms. The lowest BCUT2D eigenvalue weighted by atomic mass is 10.1. The number of nitrogens with one attached hydrogen (secondary N) is 1. The van der Waals surface area contributed by atoms with Gasteiger partial charge >= 0.3 is 6.18 Å². The van der Waals surface area contributed by atoms with E-state index in [0.29, 0.717) is 6.54 Å². The second-order valence-corrected chi connectivity index (χ2v) is 11.0. The summed E-state index contributed by atoms with van der Waals surface area (Å²) in [5.41, 5.74) is -1.97. The molecule has 0 saturated carbocycles. The molecule has 35 heavy (non-hydrogen) atoms. The average molecular weight is 512 g/mol. The minimum absolute atomic E-state index is 0.0411. The SMILES string of the molecule is CC1CCCN1C(=O)c1nc(C(=O)N2CC(O)C2)sc1-c1cnc(NC(C)(C)C)cc1C(F)(F)F. The van der Waals surface area contributed by atoms with E-state index < -0.39 is 35.2 Å². The number of aromatic nitrogens is 2. The van der Waals surface area contributed by atoms with E-state index in [9.17, 15) is 27.9 Å². The lowest BCUT2D eigenvalue weighted by molar-refractivity contribution is -0.137. The molecule has 2 saturated heterocycles. The lowest BCUT2D eigenvalue weighted by Crippen LogP contribution is -2.53. The van der Waals surface area contributed by atoms with E-state index in [2.05, 4.69) is 15.3 Å². The number of likely N-dealkylation sites (tertiary alicyclic amines) is 2. The minimum atomic E-state index is -4.73. The second-order valence-electron chi connectivity index (χ2n) is 10.0. The Bertz CT molecular complexity index is 1140. The average Bonchev–Trinajstić information content (AvgIpc) is 3.35. The summed E-state index contributed by atoms with van der Waals surface area (Å²) >= 11 is 0.745. The van der Waals surface area contributed by atoms with E-state index in [4.69, 9.17) is 0 Å². The third kappa shape index (κ3) is 5.27. The molecular formula is C23H28F3N5O3S. The van der Waals surface area contributed by atoms with Crippen LogP contribution in [0.5, 0.6) is 0 Å².